The van der Waals surface area contributed by atoms with Crippen molar-refractivity contribution in [2.24, 2.45) is 0 Å². The molecule has 0 amide bonds. The molecule has 1 aliphatic rings. The number of aryl methyl sites for hydroxylation is 1. The van der Waals surface area contributed by atoms with Gasteiger partial charge in [0.25, 0.3) is 0 Å². The summed E-state index contributed by atoms with van der Waals surface area (Å²) < 4.78 is 4.52. The lowest BCUT2D eigenvalue weighted by atomic mass is 10.1. The SMILES string of the molecule is Cc1ccccc1Cc1nsc(N2CCNC(C)C2)n1. The molecule has 5 heteroatoms. The molecular weight excluding hydrogens is 268 g/mol. The summed E-state index contributed by atoms with van der Waals surface area (Å²) in [6.45, 7) is 7.40. The standard InChI is InChI=1S/C15H20N4S/c1-11-5-3-4-6-13(11)9-14-17-15(20-18-14)19-8-7-16-12(2)10-19/h3-6,12,16H,7-10H2,1-2H3. The third-order valence-corrected chi connectivity index (χ3v) is 4.52. The number of benzene rings is 1. The van der Waals surface area contributed by atoms with E-state index >= 15 is 0 Å². The van der Waals surface area contributed by atoms with Crippen LogP contribution in [-0.4, -0.2) is 35.0 Å². The summed E-state index contributed by atoms with van der Waals surface area (Å²) >= 11 is 1.52. The van der Waals surface area contributed by atoms with Gasteiger partial charge in [-0.15, -0.1) is 0 Å². The summed E-state index contributed by atoms with van der Waals surface area (Å²) in [7, 11) is 0. The quantitative estimate of drug-likeness (QED) is 0.940. The van der Waals surface area contributed by atoms with Gasteiger partial charge in [0.15, 0.2) is 0 Å². The van der Waals surface area contributed by atoms with Crippen LogP contribution in [0.4, 0.5) is 5.13 Å². The normalized spacial score (nSPS) is 19.3. The van der Waals surface area contributed by atoms with Crippen LogP contribution in [0.15, 0.2) is 24.3 Å². The van der Waals surface area contributed by atoms with Crippen molar-refractivity contribution in [1.29, 1.82) is 0 Å². The molecule has 4 nitrogen and oxygen atoms in total. The van der Waals surface area contributed by atoms with Gasteiger partial charge in [0.1, 0.15) is 5.82 Å². The first-order valence-corrected chi connectivity index (χ1v) is 7.85. The maximum absolute atomic E-state index is 4.71. The van der Waals surface area contributed by atoms with Crippen LogP contribution in [0.2, 0.25) is 0 Å². The molecular formula is C15H20N4S. The number of piperazine rings is 1. The molecule has 0 radical (unpaired) electrons. The first-order chi connectivity index (χ1) is 9.72. The maximum atomic E-state index is 4.71. The fraction of sp³-hybridized carbons (Fsp3) is 0.467. The number of hydrogen-bond donors (Lipinski definition) is 1. The number of rotatable bonds is 3. The van der Waals surface area contributed by atoms with Crippen LogP contribution in [0.25, 0.3) is 0 Å². The Balaban J connectivity index is 1.72. The predicted octanol–water partition coefficient (Wildman–Crippen LogP) is 2.24. The van der Waals surface area contributed by atoms with Gasteiger partial charge < -0.3 is 10.2 Å². The molecule has 1 N–H and O–H groups in total. The van der Waals surface area contributed by atoms with E-state index in [1.165, 1.54) is 22.7 Å². The molecule has 1 aliphatic heterocycles. The minimum atomic E-state index is 0.521. The fourth-order valence-corrected chi connectivity index (χ4v) is 3.25. The smallest absolute Gasteiger partial charge is 0.205 e. The number of aromatic nitrogens is 2. The second-order valence-electron chi connectivity index (χ2n) is 5.40. The lowest BCUT2D eigenvalue weighted by molar-refractivity contribution is 0.484. The van der Waals surface area contributed by atoms with Gasteiger partial charge in [-0.05, 0) is 25.0 Å². The topological polar surface area (TPSA) is 41.1 Å². The largest absolute Gasteiger partial charge is 0.344 e. The lowest BCUT2D eigenvalue weighted by Gasteiger charge is -2.31. The summed E-state index contributed by atoms with van der Waals surface area (Å²) in [5, 5.41) is 4.51. The Morgan fingerprint density at radius 1 is 1.40 bits per heavy atom. The minimum absolute atomic E-state index is 0.521. The van der Waals surface area contributed by atoms with Crippen molar-refractivity contribution in [2.45, 2.75) is 26.3 Å². The molecule has 0 bridgehead atoms. The first-order valence-electron chi connectivity index (χ1n) is 7.08. The van der Waals surface area contributed by atoms with Gasteiger partial charge in [0, 0.05) is 43.6 Å². The molecule has 1 saturated heterocycles. The Labute approximate surface area is 124 Å². The van der Waals surface area contributed by atoms with Crippen molar-refractivity contribution >= 4 is 16.7 Å². The molecule has 1 aromatic heterocycles. The van der Waals surface area contributed by atoms with Crippen molar-refractivity contribution in [3.8, 4) is 0 Å². The van der Waals surface area contributed by atoms with E-state index in [1.807, 2.05) is 0 Å². The molecule has 1 fully saturated rings. The van der Waals surface area contributed by atoms with Gasteiger partial charge in [-0.25, -0.2) is 4.98 Å². The van der Waals surface area contributed by atoms with Gasteiger partial charge >= 0.3 is 0 Å². The highest BCUT2D eigenvalue weighted by Crippen LogP contribution is 2.21. The molecule has 106 valence electrons. The van der Waals surface area contributed by atoms with Crippen molar-refractivity contribution in [3.05, 3.63) is 41.2 Å². The highest BCUT2D eigenvalue weighted by Gasteiger charge is 2.19. The highest BCUT2D eigenvalue weighted by molar-refractivity contribution is 7.09. The molecule has 1 unspecified atom stereocenters. The van der Waals surface area contributed by atoms with E-state index < -0.39 is 0 Å². The molecule has 3 rings (SSSR count). The summed E-state index contributed by atoms with van der Waals surface area (Å²) in [4.78, 5) is 7.04. The van der Waals surface area contributed by atoms with E-state index in [1.54, 1.807) is 0 Å². The van der Waals surface area contributed by atoms with E-state index in [2.05, 4.69) is 52.7 Å². The molecule has 0 aliphatic carbocycles. The Morgan fingerprint density at radius 3 is 3.05 bits per heavy atom. The Hall–Kier alpha value is -1.46. The summed E-state index contributed by atoms with van der Waals surface area (Å²) in [6.07, 6.45) is 0.824. The number of hydrogen-bond acceptors (Lipinski definition) is 5. The zero-order chi connectivity index (χ0) is 13.9. The van der Waals surface area contributed by atoms with E-state index in [0.29, 0.717) is 6.04 Å². The Bertz CT molecular complexity index is 581. The molecule has 0 saturated carbocycles. The second-order valence-corrected chi connectivity index (χ2v) is 6.13. The minimum Gasteiger partial charge on any atom is -0.344 e. The van der Waals surface area contributed by atoms with Crippen LogP contribution in [0.3, 0.4) is 0 Å². The zero-order valence-electron chi connectivity index (χ0n) is 12.0. The molecule has 2 heterocycles. The number of nitrogens with one attached hydrogen (secondary N) is 1. The van der Waals surface area contributed by atoms with Crippen LogP contribution < -0.4 is 10.2 Å². The second kappa shape index (κ2) is 5.89. The van der Waals surface area contributed by atoms with E-state index in [9.17, 15) is 0 Å². The summed E-state index contributed by atoms with van der Waals surface area (Å²) in [5.74, 6) is 0.936. The summed E-state index contributed by atoms with van der Waals surface area (Å²) in [5.41, 5.74) is 2.62. The molecule has 0 spiro atoms. The van der Waals surface area contributed by atoms with Crippen molar-refractivity contribution in [1.82, 2.24) is 14.7 Å². The van der Waals surface area contributed by atoms with Crippen LogP contribution in [-0.2, 0) is 6.42 Å². The van der Waals surface area contributed by atoms with Crippen LogP contribution in [0, 0.1) is 6.92 Å². The van der Waals surface area contributed by atoms with Gasteiger partial charge in [-0.3, -0.25) is 0 Å². The Kier molecular flexibility index (Phi) is 3.98. The summed E-state index contributed by atoms with van der Waals surface area (Å²) in [6, 6.07) is 8.96. The monoisotopic (exact) mass is 288 g/mol. The third-order valence-electron chi connectivity index (χ3n) is 3.71. The molecule has 1 aromatic carbocycles. The van der Waals surface area contributed by atoms with Crippen LogP contribution in [0.5, 0.6) is 0 Å². The molecule has 2 aromatic rings. The maximum Gasteiger partial charge on any atom is 0.205 e. The van der Waals surface area contributed by atoms with E-state index in [-0.39, 0.29) is 0 Å². The zero-order valence-corrected chi connectivity index (χ0v) is 12.8. The van der Waals surface area contributed by atoms with E-state index in [0.717, 1.165) is 37.0 Å². The van der Waals surface area contributed by atoms with Crippen molar-refractivity contribution < 1.29 is 0 Å². The lowest BCUT2D eigenvalue weighted by Crippen LogP contribution is -2.49. The predicted molar refractivity (Wildman–Crippen MR) is 83.6 cm³/mol. The Morgan fingerprint density at radius 2 is 2.25 bits per heavy atom. The third kappa shape index (κ3) is 2.99. The fourth-order valence-electron chi connectivity index (χ4n) is 2.53. The number of nitrogens with zero attached hydrogens (tertiary/aromatic N) is 3. The van der Waals surface area contributed by atoms with E-state index in [4.69, 9.17) is 4.98 Å². The number of anilines is 1. The molecule has 1 atom stereocenters. The molecule has 20 heavy (non-hydrogen) atoms. The van der Waals surface area contributed by atoms with Gasteiger partial charge in [-0.2, -0.15) is 4.37 Å². The van der Waals surface area contributed by atoms with Crippen molar-refractivity contribution in [3.63, 3.8) is 0 Å². The van der Waals surface area contributed by atoms with Crippen LogP contribution >= 0.6 is 11.5 Å². The van der Waals surface area contributed by atoms with Gasteiger partial charge in [0.2, 0.25) is 5.13 Å². The van der Waals surface area contributed by atoms with Crippen LogP contribution in [0.1, 0.15) is 23.9 Å². The van der Waals surface area contributed by atoms with Gasteiger partial charge in [0.05, 0.1) is 0 Å². The first kappa shape index (κ1) is 13.5. The average Bonchev–Trinajstić information content (AvgIpc) is 2.90. The van der Waals surface area contributed by atoms with Gasteiger partial charge in [-0.1, -0.05) is 24.3 Å². The highest BCUT2D eigenvalue weighted by atomic mass is 32.1. The average molecular weight is 288 g/mol. The van der Waals surface area contributed by atoms with Crippen molar-refractivity contribution in [2.75, 3.05) is 24.5 Å².